The van der Waals surface area contributed by atoms with Crippen molar-refractivity contribution in [3.63, 3.8) is 0 Å². The Morgan fingerprint density at radius 3 is 2.88 bits per heavy atom. The van der Waals surface area contributed by atoms with Crippen LogP contribution in [0.2, 0.25) is 0 Å². The molecule has 0 saturated heterocycles. The Bertz CT molecular complexity index is 888. The van der Waals surface area contributed by atoms with Gasteiger partial charge in [-0.05, 0) is 49.9 Å². The van der Waals surface area contributed by atoms with E-state index in [9.17, 15) is 4.79 Å². The maximum atomic E-state index is 12.7. The Balaban J connectivity index is 1.57. The number of anilines is 1. The second kappa shape index (κ2) is 6.84. The Kier molecular flexibility index (Phi) is 4.24. The second-order valence-corrected chi connectivity index (χ2v) is 6.19. The summed E-state index contributed by atoms with van der Waals surface area (Å²) < 4.78 is 0. The van der Waals surface area contributed by atoms with Crippen molar-refractivity contribution in [3.05, 3.63) is 59.7 Å². The van der Waals surface area contributed by atoms with Crippen molar-refractivity contribution in [2.75, 3.05) is 5.32 Å². The number of aryl methyl sites for hydroxylation is 1. The molecule has 126 valence electrons. The zero-order valence-corrected chi connectivity index (χ0v) is 13.8. The summed E-state index contributed by atoms with van der Waals surface area (Å²) in [6.45, 7) is 0. The van der Waals surface area contributed by atoms with Crippen LogP contribution in [-0.2, 0) is 12.8 Å². The minimum absolute atomic E-state index is 0.213. The first-order valence-electron chi connectivity index (χ1n) is 8.56. The Morgan fingerprint density at radius 1 is 1.08 bits per heavy atom. The molecule has 4 rings (SSSR count). The number of hydrogen-bond donors (Lipinski definition) is 2. The van der Waals surface area contributed by atoms with Gasteiger partial charge >= 0.3 is 0 Å². The molecule has 0 atom stereocenters. The first kappa shape index (κ1) is 15.5. The molecule has 0 bridgehead atoms. The fraction of sp³-hybridized carbons (Fsp3) is 0.263. The summed E-state index contributed by atoms with van der Waals surface area (Å²) in [6.07, 6.45) is 8.77. The van der Waals surface area contributed by atoms with E-state index in [1.807, 2.05) is 24.3 Å². The molecule has 0 aromatic carbocycles. The van der Waals surface area contributed by atoms with Gasteiger partial charge in [0.15, 0.2) is 5.69 Å². The van der Waals surface area contributed by atoms with Gasteiger partial charge in [0.25, 0.3) is 5.91 Å². The molecule has 3 aromatic heterocycles. The number of fused-ring (bicyclic) bond motifs is 1. The number of nitrogens with zero attached hydrogens (tertiary/aromatic N) is 3. The van der Waals surface area contributed by atoms with Gasteiger partial charge < -0.3 is 5.32 Å². The number of hydrogen-bond acceptors (Lipinski definition) is 4. The fourth-order valence-electron chi connectivity index (χ4n) is 3.20. The van der Waals surface area contributed by atoms with Gasteiger partial charge in [-0.2, -0.15) is 5.10 Å². The highest BCUT2D eigenvalue weighted by atomic mass is 16.2. The number of aromatic amines is 1. The number of amides is 1. The van der Waals surface area contributed by atoms with Crippen molar-refractivity contribution in [3.8, 4) is 11.3 Å². The monoisotopic (exact) mass is 333 g/mol. The third-order valence-electron chi connectivity index (χ3n) is 4.47. The molecule has 2 N–H and O–H groups in total. The topological polar surface area (TPSA) is 83.6 Å². The molecule has 25 heavy (non-hydrogen) atoms. The summed E-state index contributed by atoms with van der Waals surface area (Å²) in [5.41, 5.74) is 4.32. The van der Waals surface area contributed by atoms with Crippen molar-refractivity contribution < 1.29 is 4.79 Å². The van der Waals surface area contributed by atoms with Crippen LogP contribution >= 0.6 is 0 Å². The summed E-state index contributed by atoms with van der Waals surface area (Å²) in [6, 6.07) is 9.35. The molecule has 0 unspecified atom stereocenters. The fourth-order valence-corrected chi connectivity index (χ4v) is 3.20. The van der Waals surface area contributed by atoms with E-state index in [2.05, 4.69) is 25.5 Å². The van der Waals surface area contributed by atoms with E-state index >= 15 is 0 Å². The molecule has 0 aliphatic heterocycles. The van der Waals surface area contributed by atoms with Gasteiger partial charge in [0.05, 0.1) is 5.69 Å². The van der Waals surface area contributed by atoms with Crippen molar-refractivity contribution >= 4 is 11.7 Å². The predicted molar refractivity (Wildman–Crippen MR) is 95.3 cm³/mol. The van der Waals surface area contributed by atoms with Gasteiger partial charge in [-0.15, -0.1) is 0 Å². The van der Waals surface area contributed by atoms with Gasteiger partial charge in [-0.25, -0.2) is 4.98 Å². The Labute approximate surface area is 145 Å². The summed E-state index contributed by atoms with van der Waals surface area (Å²) in [5, 5.41) is 10.1. The van der Waals surface area contributed by atoms with E-state index in [1.54, 1.807) is 18.5 Å². The maximum absolute atomic E-state index is 12.7. The van der Waals surface area contributed by atoms with E-state index in [0.717, 1.165) is 48.2 Å². The molecule has 3 heterocycles. The molecule has 0 fully saturated rings. The van der Waals surface area contributed by atoms with Gasteiger partial charge in [-0.3, -0.25) is 14.9 Å². The Hall–Kier alpha value is -3.02. The van der Waals surface area contributed by atoms with Crippen LogP contribution in [-0.4, -0.2) is 26.1 Å². The van der Waals surface area contributed by atoms with Crippen LogP contribution in [0, 0.1) is 0 Å². The zero-order chi connectivity index (χ0) is 17.1. The van der Waals surface area contributed by atoms with Crippen LogP contribution in [0.15, 0.2) is 42.7 Å². The van der Waals surface area contributed by atoms with E-state index in [4.69, 9.17) is 0 Å². The first-order chi connectivity index (χ1) is 12.3. The minimum atomic E-state index is -0.213. The Morgan fingerprint density at radius 2 is 2.00 bits per heavy atom. The molecular weight excluding hydrogens is 314 g/mol. The molecule has 3 aromatic rings. The molecule has 0 radical (unpaired) electrons. The first-order valence-corrected chi connectivity index (χ1v) is 8.56. The third-order valence-corrected chi connectivity index (χ3v) is 4.47. The molecular formula is C19H19N5O. The van der Waals surface area contributed by atoms with Crippen molar-refractivity contribution in [1.29, 1.82) is 0 Å². The lowest BCUT2D eigenvalue weighted by Crippen LogP contribution is -2.15. The average molecular weight is 333 g/mol. The van der Waals surface area contributed by atoms with Gasteiger partial charge in [-0.1, -0.05) is 12.5 Å². The maximum Gasteiger partial charge on any atom is 0.277 e. The van der Waals surface area contributed by atoms with Crippen LogP contribution in [0.3, 0.4) is 0 Å². The third kappa shape index (κ3) is 3.28. The van der Waals surface area contributed by atoms with Crippen LogP contribution in [0.4, 0.5) is 5.82 Å². The highest BCUT2D eigenvalue weighted by Gasteiger charge is 2.21. The molecule has 6 nitrogen and oxygen atoms in total. The lowest BCUT2D eigenvalue weighted by molar-refractivity contribution is 0.102. The second-order valence-electron chi connectivity index (χ2n) is 6.19. The number of H-pyrrole nitrogens is 1. The lowest BCUT2D eigenvalue weighted by atomic mass is 10.1. The average Bonchev–Trinajstić information content (AvgIpc) is 2.91. The zero-order valence-electron chi connectivity index (χ0n) is 13.8. The number of carbonyl (C=O) groups excluding carboxylic acids is 1. The van der Waals surface area contributed by atoms with Crippen LogP contribution in [0.5, 0.6) is 0 Å². The van der Waals surface area contributed by atoms with E-state index in [-0.39, 0.29) is 5.91 Å². The van der Waals surface area contributed by atoms with Crippen LogP contribution < -0.4 is 5.32 Å². The highest BCUT2D eigenvalue weighted by Crippen LogP contribution is 2.23. The number of carbonyl (C=O) groups is 1. The van der Waals surface area contributed by atoms with Gasteiger partial charge in [0.2, 0.25) is 0 Å². The van der Waals surface area contributed by atoms with Crippen molar-refractivity contribution in [2.24, 2.45) is 0 Å². The van der Waals surface area contributed by atoms with Crippen molar-refractivity contribution in [1.82, 2.24) is 20.2 Å². The standard InChI is InChI=1S/C19H19N5O/c25-19(18-14-7-2-1-3-8-16(14)23-24-18)22-17-10-4-9-15(21-17)13-6-5-11-20-12-13/h4-6,9-12H,1-3,7-8H2,(H,23,24)(H,21,22,25). The summed E-state index contributed by atoms with van der Waals surface area (Å²) in [5.74, 6) is 0.298. The lowest BCUT2D eigenvalue weighted by Gasteiger charge is -2.07. The SMILES string of the molecule is O=C(Nc1cccc(-c2cccnc2)n1)c1n[nH]c2c1CCCCC2. The molecule has 0 saturated carbocycles. The van der Waals surface area contributed by atoms with Crippen molar-refractivity contribution in [2.45, 2.75) is 32.1 Å². The van der Waals surface area contributed by atoms with Gasteiger partial charge in [0, 0.05) is 29.2 Å². The number of rotatable bonds is 3. The minimum Gasteiger partial charge on any atom is -0.305 e. The largest absolute Gasteiger partial charge is 0.305 e. The summed E-state index contributed by atoms with van der Waals surface area (Å²) in [7, 11) is 0. The molecule has 0 spiro atoms. The summed E-state index contributed by atoms with van der Waals surface area (Å²) >= 11 is 0. The smallest absolute Gasteiger partial charge is 0.277 e. The number of pyridine rings is 2. The number of nitrogens with one attached hydrogen (secondary N) is 2. The molecule has 1 amide bonds. The number of aromatic nitrogens is 4. The van der Waals surface area contributed by atoms with E-state index in [1.165, 1.54) is 6.42 Å². The molecule has 1 aliphatic carbocycles. The molecule has 6 heteroatoms. The van der Waals surface area contributed by atoms with Crippen LogP contribution in [0.25, 0.3) is 11.3 Å². The van der Waals surface area contributed by atoms with Crippen LogP contribution in [0.1, 0.15) is 41.0 Å². The van der Waals surface area contributed by atoms with E-state index in [0.29, 0.717) is 11.5 Å². The summed E-state index contributed by atoms with van der Waals surface area (Å²) in [4.78, 5) is 21.3. The normalized spacial score (nSPS) is 13.8. The van der Waals surface area contributed by atoms with E-state index < -0.39 is 0 Å². The predicted octanol–water partition coefficient (Wildman–Crippen LogP) is 3.39. The molecule has 1 aliphatic rings. The highest BCUT2D eigenvalue weighted by molar-refractivity contribution is 6.03. The van der Waals surface area contributed by atoms with Gasteiger partial charge in [0.1, 0.15) is 5.82 Å². The quantitative estimate of drug-likeness (QED) is 0.720.